The first-order chi connectivity index (χ1) is 14.6. The van der Waals surface area contributed by atoms with Crippen LogP contribution in [0.2, 0.25) is 0 Å². The number of benzene rings is 2. The van der Waals surface area contributed by atoms with E-state index in [0.717, 1.165) is 5.56 Å². The minimum absolute atomic E-state index is 0.237. The van der Waals surface area contributed by atoms with Crippen molar-refractivity contribution in [1.82, 2.24) is 15.3 Å². The molecule has 0 fully saturated rings. The number of carbonyl (C=O) groups excluding carboxylic acids is 1. The fourth-order valence-electron chi connectivity index (χ4n) is 3.33. The zero-order chi connectivity index (χ0) is 20.9. The third-order valence-electron chi connectivity index (χ3n) is 4.66. The molecule has 1 aliphatic heterocycles. The average molecular weight is 405 g/mol. The van der Waals surface area contributed by atoms with Crippen LogP contribution in [0.3, 0.4) is 0 Å². The molecule has 1 amide bonds. The quantitative estimate of drug-likeness (QED) is 0.609. The third-order valence-corrected chi connectivity index (χ3v) is 4.66. The number of aromatic nitrogens is 2. The van der Waals surface area contributed by atoms with Crippen molar-refractivity contribution in [2.24, 2.45) is 0 Å². The summed E-state index contributed by atoms with van der Waals surface area (Å²) in [5.74, 6) is 0.574. The Bertz CT molecular complexity index is 1070. The van der Waals surface area contributed by atoms with Gasteiger partial charge in [0.25, 0.3) is 5.91 Å². The van der Waals surface area contributed by atoms with Gasteiger partial charge in [-0.15, -0.1) is 0 Å². The minimum atomic E-state index is -0.362. The minimum Gasteiger partial charge on any atom is -0.490 e. The van der Waals surface area contributed by atoms with Gasteiger partial charge in [-0.2, -0.15) is 0 Å². The number of hydrogen-bond donors (Lipinski definition) is 1. The Balaban J connectivity index is 1.43. The van der Waals surface area contributed by atoms with Crippen molar-refractivity contribution in [3.63, 3.8) is 0 Å². The van der Waals surface area contributed by atoms with Crippen LogP contribution in [0.15, 0.2) is 67.6 Å². The lowest BCUT2D eigenvalue weighted by molar-refractivity contribution is 0.0933. The van der Waals surface area contributed by atoms with Gasteiger partial charge >= 0.3 is 0 Å². The average Bonchev–Trinajstić information content (AvgIpc) is 3.19. The highest BCUT2D eigenvalue weighted by atomic mass is 19.1. The molecule has 0 saturated carbocycles. The molecule has 152 valence electrons. The Hall–Kier alpha value is -3.74. The van der Waals surface area contributed by atoms with E-state index in [9.17, 15) is 9.18 Å². The van der Waals surface area contributed by atoms with E-state index in [2.05, 4.69) is 21.9 Å². The van der Waals surface area contributed by atoms with Gasteiger partial charge in [0, 0.05) is 35.5 Å². The van der Waals surface area contributed by atoms with Crippen LogP contribution in [0.4, 0.5) is 4.39 Å². The Morgan fingerprint density at radius 2 is 2.23 bits per heavy atom. The Labute approximate surface area is 173 Å². The van der Waals surface area contributed by atoms with Crippen LogP contribution in [-0.4, -0.2) is 35.1 Å². The van der Waals surface area contributed by atoms with Crippen LogP contribution in [0.1, 0.15) is 15.9 Å². The molecule has 0 spiro atoms. The molecule has 0 bridgehead atoms. The summed E-state index contributed by atoms with van der Waals surface area (Å²) < 4.78 is 25.6. The smallest absolute Gasteiger partial charge is 0.251 e. The van der Waals surface area contributed by atoms with Crippen molar-refractivity contribution in [2.75, 3.05) is 13.2 Å². The normalized spacial score (nSPS) is 14.5. The van der Waals surface area contributed by atoms with E-state index in [0.29, 0.717) is 41.3 Å². The second-order valence-corrected chi connectivity index (χ2v) is 6.81. The maximum Gasteiger partial charge on any atom is 0.251 e. The van der Waals surface area contributed by atoms with Gasteiger partial charge in [-0.3, -0.25) is 14.8 Å². The molecule has 0 aliphatic carbocycles. The van der Waals surface area contributed by atoms with Gasteiger partial charge in [-0.25, -0.2) is 4.39 Å². The first kappa shape index (κ1) is 19.6. The van der Waals surface area contributed by atoms with Crippen molar-refractivity contribution in [1.29, 1.82) is 0 Å². The molecule has 6 nitrogen and oxygen atoms in total. The van der Waals surface area contributed by atoms with Gasteiger partial charge < -0.3 is 14.8 Å². The van der Waals surface area contributed by atoms with E-state index in [-0.39, 0.29) is 24.4 Å². The Morgan fingerprint density at radius 3 is 3.03 bits per heavy atom. The second kappa shape index (κ2) is 8.73. The van der Waals surface area contributed by atoms with Crippen LogP contribution in [0, 0.1) is 5.82 Å². The molecule has 1 aromatic heterocycles. The van der Waals surface area contributed by atoms with Gasteiger partial charge in [0.2, 0.25) is 0 Å². The van der Waals surface area contributed by atoms with Gasteiger partial charge in [-0.05, 0) is 30.3 Å². The molecule has 0 radical (unpaired) electrons. The van der Waals surface area contributed by atoms with Crippen LogP contribution in [0.5, 0.6) is 11.5 Å². The maximum atomic E-state index is 14.1. The topological polar surface area (TPSA) is 73.3 Å². The van der Waals surface area contributed by atoms with Crippen LogP contribution in [0.25, 0.3) is 11.3 Å². The van der Waals surface area contributed by atoms with E-state index in [1.165, 1.54) is 12.1 Å². The highest BCUT2D eigenvalue weighted by Crippen LogP contribution is 2.38. The molecule has 0 saturated heterocycles. The van der Waals surface area contributed by atoms with E-state index < -0.39 is 0 Å². The molecule has 2 aromatic carbocycles. The predicted molar refractivity (Wildman–Crippen MR) is 110 cm³/mol. The van der Waals surface area contributed by atoms with Crippen molar-refractivity contribution in [2.45, 2.75) is 12.5 Å². The van der Waals surface area contributed by atoms with Crippen molar-refractivity contribution in [3.8, 4) is 22.8 Å². The lowest BCUT2D eigenvalue weighted by Gasteiger charge is -2.14. The number of rotatable bonds is 7. The summed E-state index contributed by atoms with van der Waals surface area (Å²) in [7, 11) is 0. The van der Waals surface area contributed by atoms with Crippen LogP contribution >= 0.6 is 0 Å². The van der Waals surface area contributed by atoms with Gasteiger partial charge in [0.1, 0.15) is 30.0 Å². The summed E-state index contributed by atoms with van der Waals surface area (Å²) in [4.78, 5) is 20.8. The maximum absolute atomic E-state index is 14.1. The molecule has 4 rings (SSSR count). The summed E-state index contributed by atoms with van der Waals surface area (Å²) in [6, 6.07) is 9.76. The predicted octanol–water partition coefficient (Wildman–Crippen LogP) is 3.58. The standard InChI is InChI=1S/C23H20FN3O3/c1-2-8-29-18-5-3-4-15(10-18)23(28)27-13-19-11-16-9-17(24)12-20(22(16)30-19)21-14-25-6-7-26-21/h2-7,9-10,12,14,19H,1,8,11,13H2,(H,27,28)/t19-/m0/s1. The molecule has 1 aliphatic rings. The van der Waals surface area contributed by atoms with Crippen molar-refractivity contribution >= 4 is 5.91 Å². The number of ether oxygens (including phenoxy) is 2. The number of carbonyl (C=O) groups is 1. The highest BCUT2D eigenvalue weighted by Gasteiger charge is 2.28. The number of fused-ring (bicyclic) bond motifs is 1. The molecular formula is C23H20FN3O3. The summed E-state index contributed by atoms with van der Waals surface area (Å²) >= 11 is 0. The molecule has 7 heteroatoms. The highest BCUT2D eigenvalue weighted by molar-refractivity contribution is 5.94. The van der Waals surface area contributed by atoms with Gasteiger partial charge in [-0.1, -0.05) is 18.7 Å². The summed E-state index contributed by atoms with van der Waals surface area (Å²) in [6.45, 7) is 4.26. The largest absolute Gasteiger partial charge is 0.490 e. The van der Waals surface area contributed by atoms with Crippen molar-refractivity contribution in [3.05, 3.63) is 84.6 Å². The number of halogens is 1. The molecule has 30 heavy (non-hydrogen) atoms. The van der Waals surface area contributed by atoms with E-state index >= 15 is 0 Å². The second-order valence-electron chi connectivity index (χ2n) is 6.81. The molecule has 1 atom stereocenters. The van der Waals surface area contributed by atoms with Gasteiger partial charge in [0.15, 0.2) is 0 Å². The fourth-order valence-corrected chi connectivity index (χ4v) is 3.33. The van der Waals surface area contributed by atoms with Gasteiger partial charge in [0.05, 0.1) is 18.4 Å². The molecular weight excluding hydrogens is 385 g/mol. The SMILES string of the molecule is C=CCOc1cccc(C(=O)NC[C@@H]2Cc3cc(F)cc(-c4cnccn4)c3O2)c1. The summed E-state index contributed by atoms with van der Waals surface area (Å²) in [6.07, 6.45) is 6.49. The van der Waals surface area contributed by atoms with Crippen LogP contribution < -0.4 is 14.8 Å². The van der Waals surface area contributed by atoms with Crippen LogP contribution in [-0.2, 0) is 6.42 Å². The molecule has 2 heterocycles. The molecule has 0 unspecified atom stereocenters. The molecule has 3 aromatic rings. The Kier molecular flexibility index (Phi) is 5.70. The van der Waals surface area contributed by atoms with E-state index in [1.54, 1.807) is 48.9 Å². The van der Waals surface area contributed by atoms with E-state index in [1.807, 2.05) is 0 Å². The number of hydrogen-bond acceptors (Lipinski definition) is 5. The lowest BCUT2D eigenvalue weighted by atomic mass is 10.0. The zero-order valence-corrected chi connectivity index (χ0v) is 16.2. The zero-order valence-electron chi connectivity index (χ0n) is 16.2. The van der Waals surface area contributed by atoms with Crippen molar-refractivity contribution < 1.29 is 18.7 Å². The lowest BCUT2D eigenvalue weighted by Crippen LogP contribution is -2.34. The molecule has 1 N–H and O–H groups in total. The number of amides is 1. The fraction of sp³-hybridized carbons (Fsp3) is 0.174. The summed E-state index contributed by atoms with van der Waals surface area (Å²) in [5, 5.41) is 2.87. The first-order valence-corrected chi connectivity index (χ1v) is 9.51. The first-order valence-electron chi connectivity index (χ1n) is 9.51. The number of nitrogens with one attached hydrogen (secondary N) is 1. The third kappa shape index (κ3) is 4.30. The van der Waals surface area contributed by atoms with E-state index in [4.69, 9.17) is 9.47 Å². The Morgan fingerprint density at radius 1 is 1.33 bits per heavy atom. The number of nitrogens with zero attached hydrogens (tertiary/aromatic N) is 2. The monoisotopic (exact) mass is 405 g/mol. The summed E-state index contributed by atoms with van der Waals surface area (Å²) in [5.41, 5.74) is 2.32.